The van der Waals surface area contributed by atoms with Crippen molar-refractivity contribution in [2.75, 3.05) is 0 Å². The van der Waals surface area contributed by atoms with Gasteiger partial charge in [-0.3, -0.25) is 24.7 Å². The molecule has 8 N–H and O–H groups in total. The zero-order valence-electron chi connectivity index (χ0n) is 8.40. The van der Waals surface area contributed by atoms with Crippen molar-refractivity contribution in [3.05, 3.63) is 46.6 Å². The molecule has 0 aliphatic heterocycles. The highest BCUT2D eigenvalue weighted by Crippen LogP contribution is 1.88. The molecule has 0 radical (unpaired) electrons. The Morgan fingerprint density at radius 2 is 1.29 bits per heavy atom. The molecule has 0 unspecified atom stereocenters. The van der Waals surface area contributed by atoms with Crippen LogP contribution in [0.25, 0.3) is 11.2 Å². The van der Waals surface area contributed by atoms with Gasteiger partial charge in [0.05, 0.1) is 5.09 Å². The van der Waals surface area contributed by atoms with Gasteiger partial charge in [-0.2, -0.15) is 0 Å². The predicted octanol–water partition coefficient (Wildman–Crippen LogP) is -1.63. The summed E-state index contributed by atoms with van der Waals surface area (Å²) in [4.78, 5) is 49.2. The maximum Gasteiger partial charge on any atom is 0.327 e. The van der Waals surface area contributed by atoms with Crippen LogP contribution in [0.4, 0.5) is 0 Å². The van der Waals surface area contributed by atoms with Gasteiger partial charge in [0, 0.05) is 0 Å². The van der Waals surface area contributed by atoms with Crippen LogP contribution >= 0.6 is 0 Å². The van der Waals surface area contributed by atoms with E-state index in [4.69, 9.17) is 15.3 Å². The Kier molecular flexibility index (Phi) is 4.37. The third-order valence-electron chi connectivity index (χ3n) is 1.42. The molecule has 0 spiro atoms. The Bertz CT molecular complexity index is 670. The van der Waals surface area contributed by atoms with E-state index in [1.807, 2.05) is 4.98 Å². The number of H-pyrrole nitrogens is 4. The van der Waals surface area contributed by atoms with Gasteiger partial charge >= 0.3 is 11.4 Å². The fraction of sp³-hybridized carbons (Fsp3) is 0. The van der Waals surface area contributed by atoms with Gasteiger partial charge in [-0.05, 0) is 0 Å². The lowest BCUT2D eigenvalue weighted by molar-refractivity contribution is -0.402. The Morgan fingerprint density at radius 3 is 1.76 bits per heavy atom. The molecule has 0 bridgehead atoms. The highest BCUT2D eigenvalue weighted by molar-refractivity contribution is 5.67. The zero-order chi connectivity index (χ0) is 12.3. The third-order valence-corrected chi connectivity index (χ3v) is 1.42. The topological polar surface area (TPSA) is 217 Å². The average molecular weight is 248 g/mol. The largest absolute Gasteiger partial charge is 0.369 e. The molecule has 17 heavy (non-hydrogen) atoms. The summed E-state index contributed by atoms with van der Waals surface area (Å²) in [7, 11) is 0. The summed E-state index contributed by atoms with van der Waals surface area (Å²) in [5.74, 6) is 0. The summed E-state index contributed by atoms with van der Waals surface area (Å²) in [5, 5.41) is 14.8. The smallest absolute Gasteiger partial charge is 0.327 e. The minimum absolute atomic E-state index is 0. The molecule has 12 nitrogen and oxygen atoms in total. The normalized spacial score (nSPS) is 8.94. The molecule has 2 heterocycles. The number of quaternary nitrogens is 1. The Labute approximate surface area is 90.0 Å². The standard InChI is InChI=1S/C5H4N4O3.NO3.H3N/c10-3-1-2(7-4(11)6-1)8-5(12)9-3;2-1(3)4;/h(H4,6,7,8,9,10,11,12);;1H3/q;-1;/p+1. The fourth-order valence-electron chi connectivity index (χ4n) is 0.958. The van der Waals surface area contributed by atoms with Gasteiger partial charge in [-0.25, -0.2) is 9.59 Å². The van der Waals surface area contributed by atoms with Gasteiger partial charge in [-0.15, -0.1) is 0 Å². The molecule has 2 aromatic heterocycles. The van der Waals surface area contributed by atoms with Crippen molar-refractivity contribution < 1.29 is 5.09 Å². The van der Waals surface area contributed by atoms with Crippen LogP contribution in [0.15, 0.2) is 14.4 Å². The molecular weight excluding hydrogens is 240 g/mol. The van der Waals surface area contributed by atoms with Crippen LogP contribution in [0.3, 0.4) is 0 Å². The number of hydrogen-bond donors (Lipinski definition) is 5. The lowest BCUT2D eigenvalue weighted by atomic mass is 10.5. The Balaban J connectivity index is 0.000000453. The third kappa shape index (κ3) is 3.63. The first-order valence-electron chi connectivity index (χ1n) is 3.66. The van der Waals surface area contributed by atoms with E-state index in [-0.39, 0.29) is 17.3 Å². The number of aromatic nitrogens is 4. The van der Waals surface area contributed by atoms with Crippen molar-refractivity contribution >= 4 is 11.2 Å². The maximum absolute atomic E-state index is 10.9. The number of nitrogens with one attached hydrogen (secondary N) is 4. The second-order valence-electron chi connectivity index (χ2n) is 2.46. The summed E-state index contributed by atoms with van der Waals surface area (Å²) in [6.07, 6.45) is 0. The van der Waals surface area contributed by atoms with Crippen LogP contribution in [0.2, 0.25) is 0 Å². The second-order valence-corrected chi connectivity index (χ2v) is 2.46. The minimum Gasteiger partial charge on any atom is -0.369 e. The van der Waals surface area contributed by atoms with Gasteiger partial charge in [0.15, 0.2) is 0 Å². The van der Waals surface area contributed by atoms with Crippen molar-refractivity contribution in [3.8, 4) is 0 Å². The molecule has 0 fully saturated rings. The molecule has 0 amide bonds. The van der Waals surface area contributed by atoms with E-state index in [0.717, 1.165) is 0 Å². The summed E-state index contributed by atoms with van der Waals surface area (Å²) < 4.78 is 0. The van der Waals surface area contributed by atoms with E-state index in [1.54, 1.807) is 0 Å². The second kappa shape index (κ2) is 5.26. The molecule has 0 aliphatic carbocycles. The molecule has 0 atom stereocenters. The number of imidazole rings is 1. The quantitative estimate of drug-likeness (QED) is 0.272. The van der Waals surface area contributed by atoms with E-state index < -0.39 is 22.0 Å². The highest BCUT2D eigenvalue weighted by Gasteiger charge is 2.02. The first-order valence-corrected chi connectivity index (χ1v) is 3.66. The maximum atomic E-state index is 10.9. The Hall–Kier alpha value is -2.89. The van der Waals surface area contributed by atoms with E-state index >= 15 is 0 Å². The number of nitrogens with zero attached hydrogens (tertiary/aromatic N) is 1. The van der Waals surface area contributed by atoms with Crippen molar-refractivity contribution in [2.24, 2.45) is 0 Å². The van der Waals surface area contributed by atoms with E-state index in [0.29, 0.717) is 0 Å². The van der Waals surface area contributed by atoms with E-state index in [1.165, 1.54) is 0 Å². The molecule has 94 valence electrons. The molecule has 0 aromatic carbocycles. The molecule has 2 aromatic rings. The van der Waals surface area contributed by atoms with Crippen LogP contribution in [-0.4, -0.2) is 25.0 Å². The fourth-order valence-corrected chi connectivity index (χ4v) is 0.958. The lowest BCUT2D eigenvalue weighted by Gasteiger charge is -1.83. The summed E-state index contributed by atoms with van der Waals surface area (Å²) in [5.41, 5.74) is -1.65. The molecular formula is C5H8N6O6. The molecule has 0 aliphatic rings. The number of aromatic amines is 4. The van der Waals surface area contributed by atoms with Crippen LogP contribution < -0.4 is 23.1 Å². The molecule has 2 rings (SSSR count). The van der Waals surface area contributed by atoms with Crippen molar-refractivity contribution in [1.29, 1.82) is 0 Å². The predicted molar refractivity (Wildman–Crippen MR) is 56.5 cm³/mol. The summed E-state index contributed by atoms with van der Waals surface area (Å²) >= 11 is 0. The van der Waals surface area contributed by atoms with Crippen LogP contribution in [-0.2, 0) is 0 Å². The average Bonchev–Trinajstić information content (AvgIpc) is 2.44. The molecule has 12 heteroatoms. The number of fused-ring (bicyclic) bond motifs is 1. The van der Waals surface area contributed by atoms with E-state index in [2.05, 4.69) is 15.0 Å². The van der Waals surface area contributed by atoms with Gasteiger partial charge in [0.1, 0.15) is 11.2 Å². The first kappa shape index (κ1) is 14.1. The van der Waals surface area contributed by atoms with Crippen molar-refractivity contribution in [1.82, 2.24) is 26.1 Å². The molecule has 0 saturated carbocycles. The SMILES string of the molecule is O=[N+]([O-])[O-].O=c1[nH]c(=O)c2[nH]c(=O)[nH]c2[nH]1.[NH4+]. The van der Waals surface area contributed by atoms with Gasteiger partial charge in [-0.1, -0.05) is 0 Å². The highest BCUT2D eigenvalue weighted by atomic mass is 16.9. The van der Waals surface area contributed by atoms with Crippen LogP contribution in [0.5, 0.6) is 0 Å². The van der Waals surface area contributed by atoms with Gasteiger partial charge < -0.3 is 21.5 Å². The van der Waals surface area contributed by atoms with Gasteiger partial charge in [0.25, 0.3) is 5.56 Å². The van der Waals surface area contributed by atoms with Crippen LogP contribution in [0.1, 0.15) is 0 Å². The first-order chi connectivity index (χ1) is 7.40. The Morgan fingerprint density at radius 1 is 0.882 bits per heavy atom. The lowest BCUT2D eigenvalue weighted by Crippen LogP contribution is -2.21. The summed E-state index contributed by atoms with van der Waals surface area (Å²) in [6.45, 7) is 0. The van der Waals surface area contributed by atoms with Gasteiger partial charge in [0.2, 0.25) is 0 Å². The zero-order valence-corrected chi connectivity index (χ0v) is 8.40. The minimum atomic E-state index is -1.75. The summed E-state index contributed by atoms with van der Waals surface area (Å²) in [6, 6.07) is 0. The van der Waals surface area contributed by atoms with Crippen molar-refractivity contribution in [3.63, 3.8) is 0 Å². The van der Waals surface area contributed by atoms with Crippen LogP contribution in [0, 0.1) is 15.3 Å². The monoisotopic (exact) mass is 248 g/mol. The number of rotatable bonds is 0. The van der Waals surface area contributed by atoms with E-state index in [9.17, 15) is 14.4 Å². The number of hydrogen-bond acceptors (Lipinski definition) is 6. The van der Waals surface area contributed by atoms with Crippen molar-refractivity contribution in [2.45, 2.75) is 0 Å². The molecule has 0 saturated heterocycles.